The molecule has 174 valence electrons. The number of rotatable bonds is 7. The van der Waals surface area contributed by atoms with E-state index in [-0.39, 0.29) is 28.4 Å². The maximum atomic E-state index is 13.4. The second-order valence-electron chi connectivity index (χ2n) is 8.68. The highest BCUT2D eigenvalue weighted by atomic mass is 35.5. The number of carbonyl (C=O) groups excluding carboxylic acids is 1. The van der Waals surface area contributed by atoms with Crippen LogP contribution in [0.25, 0.3) is 0 Å². The zero-order chi connectivity index (χ0) is 23.5. The van der Waals surface area contributed by atoms with Crippen LogP contribution >= 0.6 is 11.6 Å². The molecule has 0 bridgehead atoms. The van der Waals surface area contributed by atoms with Gasteiger partial charge >= 0.3 is 5.97 Å². The number of benzene rings is 2. The molecule has 0 saturated heterocycles. The van der Waals surface area contributed by atoms with E-state index >= 15 is 0 Å². The number of carbonyl (C=O) groups is 1. The van der Waals surface area contributed by atoms with Gasteiger partial charge in [-0.1, -0.05) is 23.7 Å². The van der Waals surface area contributed by atoms with Crippen LogP contribution in [-0.2, 0) is 25.8 Å². The normalized spacial score (nSPS) is 16.3. The summed E-state index contributed by atoms with van der Waals surface area (Å²) < 4.78 is 49.8. The van der Waals surface area contributed by atoms with Gasteiger partial charge in [-0.25, -0.2) is 17.6 Å². The molecule has 0 heterocycles. The van der Waals surface area contributed by atoms with Crippen molar-refractivity contribution in [3.05, 3.63) is 58.4 Å². The number of esters is 1. The lowest BCUT2D eigenvalue weighted by molar-refractivity contribution is -0.157. The maximum Gasteiger partial charge on any atom is 0.344 e. The molecule has 1 atom stereocenters. The minimum absolute atomic E-state index is 0.0399. The molecule has 1 aliphatic carbocycles. The van der Waals surface area contributed by atoms with Gasteiger partial charge in [0.25, 0.3) is 0 Å². The van der Waals surface area contributed by atoms with E-state index in [9.17, 15) is 17.6 Å². The predicted molar refractivity (Wildman–Crippen MR) is 120 cm³/mol. The Balaban J connectivity index is 1.71. The molecular weight excluding hydrogens is 457 g/mol. The molecule has 0 spiro atoms. The van der Waals surface area contributed by atoms with Crippen LogP contribution in [0.2, 0.25) is 5.02 Å². The molecule has 2 aromatic rings. The second kappa shape index (κ2) is 9.77. The Kier molecular flexibility index (Phi) is 7.47. The van der Waals surface area contributed by atoms with Crippen molar-refractivity contribution in [2.24, 2.45) is 0 Å². The van der Waals surface area contributed by atoms with Gasteiger partial charge in [0.2, 0.25) is 0 Å². The Morgan fingerprint density at radius 1 is 1.25 bits per heavy atom. The lowest BCUT2D eigenvalue weighted by Crippen LogP contribution is -2.31. The first-order chi connectivity index (χ1) is 15.0. The summed E-state index contributed by atoms with van der Waals surface area (Å²) in [5.41, 5.74) is 1.29. The highest BCUT2D eigenvalue weighted by Crippen LogP contribution is 2.35. The summed E-state index contributed by atoms with van der Waals surface area (Å²) in [7, 11) is -3.71. The van der Waals surface area contributed by atoms with Crippen molar-refractivity contribution >= 4 is 27.4 Å². The lowest BCUT2D eigenvalue weighted by Gasteiger charge is -2.28. The summed E-state index contributed by atoms with van der Waals surface area (Å²) in [4.78, 5) is 12.0. The molecule has 1 aliphatic rings. The van der Waals surface area contributed by atoms with Crippen LogP contribution in [0, 0.1) is 5.82 Å². The zero-order valence-electron chi connectivity index (χ0n) is 18.3. The second-order valence-corrected chi connectivity index (χ2v) is 11.1. The van der Waals surface area contributed by atoms with Crippen LogP contribution in [0.4, 0.5) is 4.39 Å². The largest absolute Gasteiger partial charge is 0.482 e. The standard InChI is InChI=1S/C23H27ClFNO5S/c1-23(2,3)31-22(27)13-30-21-9-5-6-16-17(21)7-4-8-20(16)26-14-32(28,29)15-10-11-19(25)18(24)12-15/h5-6,9-12,20,26H,4,7-8,13-14H2,1-3H3/t20-/m1/s1. The first-order valence-electron chi connectivity index (χ1n) is 10.3. The summed E-state index contributed by atoms with van der Waals surface area (Å²) in [6.45, 7) is 5.17. The maximum absolute atomic E-state index is 13.4. The minimum Gasteiger partial charge on any atom is -0.482 e. The average Bonchev–Trinajstić information content (AvgIpc) is 2.71. The van der Waals surface area contributed by atoms with Crippen molar-refractivity contribution in [2.75, 3.05) is 12.5 Å². The van der Waals surface area contributed by atoms with Crippen molar-refractivity contribution in [3.63, 3.8) is 0 Å². The van der Waals surface area contributed by atoms with Gasteiger partial charge in [0, 0.05) is 6.04 Å². The van der Waals surface area contributed by atoms with Gasteiger partial charge in [-0.3, -0.25) is 5.32 Å². The van der Waals surface area contributed by atoms with E-state index in [1.165, 1.54) is 6.07 Å². The summed E-state index contributed by atoms with van der Waals surface area (Å²) in [5.74, 6) is -0.849. The van der Waals surface area contributed by atoms with E-state index in [1.807, 2.05) is 12.1 Å². The number of halogens is 2. The molecule has 6 nitrogen and oxygen atoms in total. The van der Waals surface area contributed by atoms with Crippen LogP contribution in [-0.4, -0.2) is 32.5 Å². The van der Waals surface area contributed by atoms with Gasteiger partial charge in [0.1, 0.15) is 23.0 Å². The fraction of sp³-hybridized carbons (Fsp3) is 0.435. The fourth-order valence-electron chi connectivity index (χ4n) is 3.63. The van der Waals surface area contributed by atoms with E-state index in [1.54, 1.807) is 26.8 Å². The van der Waals surface area contributed by atoms with E-state index < -0.39 is 27.2 Å². The highest BCUT2D eigenvalue weighted by molar-refractivity contribution is 7.91. The van der Waals surface area contributed by atoms with Gasteiger partial charge in [-0.15, -0.1) is 0 Å². The third-order valence-corrected chi connectivity index (χ3v) is 6.81. The number of ether oxygens (including phenoxy) is 2. The first-order valence-corrected chi connectivity index (χ1v) is 12.4. The third kappa shape index (κ3) is 6.21. The third-order valence-electron chi connectivity index (χ3n) is 5.00. The summed E-state index contributed by atoms with van der Waals surface area (Å²) in [6.07, 6.45) is 2.35. The lowest BCUT2D eigenvalue weighted by atomic mass is 9.87. The zero-order valence-corrected chi connectivity index (χ0v) is 19.9. The molecule has 0 aliphatic heterocycles. The topological polar surface area (TPSA) is 81.7 Å². The summed E-state index contributed by atoms with van der Waals surface area (Å²) in [6, 6.07) is 8.70. The Labute approximate surface area is 193 Å². The van der Waals surface area contributed by atoms with Crippen LogP contribution in [0.1, 0.15) is 50.8 Å². The van der Waals surface area contributed by atoms with Gasteiger partial charge in [-0.2, -0.15) is 0 Å². The van der Waals surface area contributed by atoms with Crippen LogP contribution < -0.4 is 10.1 Å². The van der Waals surface area contributed by atoms with Crippen molar-refractivity contribution in [3.8, 4) is 5.75 Å². The van der Waals surface area contributed by atoms with E-state index in [4.69, 9.17) is 21.1 Å². The van der Waals surface area contributed by atoms with Gasteiger partial charge in [-0.05, 0) is 75.4 Å². The molecule has 9 heteroatoms. The van der Waals surface area contributed by atoms with Crippen molar-refractivity contribution in [2.45, 2.75) is 56.6 Å². The van der Waals surface area contributed by atoms with E-state index in [0.29, 0.717) is 5.75 Å². The molecule has 32 heavy (non-hydrogen) atoms. The number of hydrogen-bond acceptors (Lipinski definition) is 6. The molecular formula is C23H27ClFNO5S. The molecule has 0 saturated carbocycles. The van der Waals surface area contributed by atoms with E-state index in [0.717, 1.165) is 42.5 Å². The average molecular weight is 484 g/mol. The monoisotopic (exact) mass is 483 g/mol. The smallest absolute Gasteiger partial charge is 0.344 e. The Morgan fingerprint density at radius 2 is 2.00 bits per heavy atom. The quantitative estimate of drug-likeness (QED) is 0.458. The minimum atomic E-state index is -3.71. The predicted octanol–water partition coefficient (Wildman–Crippen LogP) is 4.60. The summed E-state index contributed by atoms with van der Waals surface area (Å²) >= 11 is 5.73. The Hall–Kier alpha value is -2.16. The van der Waals surface area contributed by atoms with Gasteiger partial charge < -0.3 is 9.47 Å². The van der Waals surface area contributed by atoms with Crippen molar-refractivity contribution in [1.29, 1.82) is 0 Å². The molecule has 0 fully saturated rings. The Bertz CT molecular complexity index is 1100. The molecule has 0 aromatic heterocycles. The number of nitrogens with one attached hydrogen (secondary N) is 1. The number of sulfone groups is 1. The first kappa shape index (κ1) is 24.5. The molecule has 3 rings (SSSR count). The molecule has 0 radical (unpaired) electrons. The van der Waals surface area contributed by atoms with Crippen LogP contribution in [0.15, 0.2) is 41.3 Å². The molecule has 0 amide bonds. The van der Waals surface area contributed by atoms with Crippen LogP contribution in [0.3, 0.4) is 0 Å². The summed E-state index contributed by atoms with van der Waals surface area (Å²) in [5, 5.41) is 2.87. The molecule has 2 aromatic carbocycles. The highest BCUT2D eigenvalue weighted by Gasteiger charge is 2.26. The van der Waals surface area contributed by atoms with Crippen molar-refractivity contribution < 1.29 is 27.1 Å². The Morgan fingerprint density at radius 3 is 2.69 bits per heavy atom. The van der Waals surface area contributed by atoms with Gasteiger partial charge in [0.05, 0.1) is 9.92 Å². The molecule has 0 unspecified atom stereocenters. The van der Waals surface area contributed by atoms with Gasteiger partial charge in [0.15, 0.2) is 16.4 Å². The number of fused-ring (bicyclic) bond motifs is 1. The van der Waals surface area contributed by atoms with Crippen LogP contribution in [0.5, 0.6) is 5.75 Å². The van der Waals surface area contributed by atoms with E-state index in [2.05, 4.69) is 5.32 Å². The number of hydrogen-bond donors (Lipinski definition) is 1. The molecule has 1 N–H and O–H groups in total. The van der Waals surface area contributed by atoms with Crippen molar-refractivity contribution in [1.82, 2.24) is 5.32 Å². The SMILES string of the molecule is CC(C)(C)OC(=O)COc1cccc2c1CCC[C@H]2NCS(=O)(=O)c1ccc(F)c(Cl)c1. The fourth-order valence-corrected chi connectivity index (χ4v) is 5.04.